The molecule has 6 heteroatoms. The van der Waals surface area contributed by atoms with Crippen molar-refractivity contribution in [3.63, 3.8) is 0 Å². The predicted octanol–water partition coefficient (Wildman–Crippen LogP) is 3.55. The highest BCUT2D eigenvalue weighted by molar-refractivity contribution is 5.97. The van der Waals surface area contributed by atoms with Crippen LogP contribution in [0.5, 0.6) is 0 Å². The standard InChI is InChI=1S/C16H18N2O4/c1-2-4-12-9-5-3-6-10(9)14-13(18(21)22)8-7-11(16(19)20)15(14)17-12/h3,6-10,12,17H,2,4-5H2,1H3,(H,19,20)/t9-,10-,12+/m1/s1. The number of hydrogen-bond donors (Lipinski definition) is 2. The Hall–Kier alpha value is -2.37. The van der Waals surface area contributed by atoms with Gasteiger partial charge in [0.2, 0.25) is 0 Å². The van der Waals surface area contributed by atoms with Gasteiger partial charge in [0, 0.05) is 18.0 Å². The van der Waals surface area contributed by atoms with Gasteiger partial charge in [-0.25, -0.2) is 4.79 Å². The van der Waals surface area contributed by atoms with E-state index in [1.54, 1.807) is 0 Å². The number of carboxylic acids is 1. The predicted molar refractivity (Wildman–Crippen MR) is 82.4 cm³/mol. The molecule has 0 saturated carbocycles. The SMILES string of the molecule is CCC[C@@H]1Nc2c(C(=O)O)ccc([N+](=O)[O-])c2[C@@H]2C=CC[C@@H]12. The number of fused-ring (bicyclic) bond motifs is 3. The van der Waals surface area contributed by atoms with Gasteiger partial charge in [0.05, 0.1) is 21.7 Å². The summed E-state index contributed by atoms with van der Waals surface area (Å²) in [6, 6.07) is 2.79. The lowest BCUT2D eigenvalue weighted by atomic mass is 9.76. The molecule has 0 aromatic heterocycles. The van der Waals surface area contributed by atoms with E-state index >= 15 is 0 Å². The average molecular weight is 302 g/mol. The Morgan fingerprint density at radius 2 is 2.27 bits per heavy atom. The Kier molecular flexibility index (Phi) is 3.60. The summed E-state index contributed by atoms with van der Waals surface area (Å²) in [5.74, 6) is -0.878. The van der Waals surface area contributed by atoms with E-state index in [-0.39, 0.29) is 29.1 Å². The quantitative estimate of drug-likeness (QED) is 0.504. The third-order valence-electron chi connectivity index (χ3n) is 4.64. The van der Waals surface area contributed by atoms with Crippen LogP contribution < -0.4 is 5.32 Å². The summed E-state index contributed by atoms with van der Waals surface area (Å²) in [6.45, 7) is 2.08. The number of nitrogens with one attached hydrogen (secondary N) is 1. The molecule has 0 amide bonds. The van der Waals surface area contributed by atoms with Crippen LogP contribution in [-0.2, 0) is 0 Å². The summed E-state index contributed by atoms with van der Waals surface area (Å²) in [6.07, 6.45) is 6.81. The molecule has 2 N–H and O–H groups in total. The molecule has 2 aliphatic rings. The van der Waals surface area contributed by atoms with E-state index in [0.717, 1.165) is 19.3 Å². The first kappa shape index (κ1) is 14.6. The minimum Gasteiger partial charge on any atom is -0.478 e. The molecular formula is C16H18N2O4. The zero-order valence-corrected chi connectivity index (χ0v) is 12.3. The van der Waals surface area contributed by atoms with Crippen molar-refractivity contribution < 1.29 is 14.8 Å². The molecule has 0 bridgehead atoms. The minimum atomic E-state index is -1.06. The normalized spacial score (nSPS) is 25.2. The van der Waals surface area contributed by atoms with Crippen molar-refractivity contribution in [2.75, 3.05) is 5.32 Å². The molecule has 0 saturated heterocycles. The maximum absolute atomic E-state index is 11.5. The van der Waals surface area contributed by atoms with E-state index in [9.17, 15) is 20.0 Å². The Morgan fingerprint density at radius 1 is 1.50 bits per heavy atom. The van der Waals surface area contributed by atoms with Crippen molar-refractivity contribution in [1.29, 1.82) is 0 Å². The fourth-order valence-electron chi connectivity index (χ4n) is 3.73. The van der Waals surface area contributed by atoms with Crippen molar-refractivity contribution >= 4 is 17.3 Å². The van der Waals surface area contributed by atoms with Crippen LogP contribution in [0.4, 0.5) is 11.4 Å². The number of nitro groups is 1. The van der Waals surface area contributed by atoms with Gasteiger partial charge in [-0.15, -0.1) is 0 Å². The third-order valence-corrected chi connectivity index (χ3v) is 4.64. The van der Waals surface area contributed by atoms with Crippen LogP contribution >= 0.6 is 0 Å². The molecule has 1 aromatic carbocycles. The second kappa shape index (κ2) is 5.44. The third kappa shape index (κ3) is 2.15. The lowest BCUT2D eigenvalue weighted by molar-refractivity contribution is -0.385. The first-order valence-corrected chi connectivity index (χ1v) is 7.52. The maximum atomic E-state index is 11.5. The molecule has 0 radical (unpaired) electrons. The van der Waals surface area contributed by atoms with E-state index in [0.29, 0.717) is 11.3 Å². The number of rotatable bonds is 4. The molecule has 116 valence electrons. The second-order valence-electron chi connectivity index (χ2n) is 5.88. The summed E-state index contributed by atoms with van der Waals surface area (Å²) in [5.41, 5.74) is 1.06. The van der Waals surface area contributed by atoms with Gasteiger partial charge in [0.15, 0.2) is 0 Å². The molecule has 1 aliphatic carbocycles. The zero-order chi connectivity index (χ0) is 15.9. The van der Waals surface area contributed by atoms with Gasteiger partial charge in [0.25, 0.3) is 5.69 Å². The van der Waals surface area contributed by atoms with Gasteiger partial charge in [-0.1, -0.05) is 25.5 Å². The molecule has 6 nitrogen and oxygen atoms in total. The highest BCUT2D eigenvalue weighted by Crippen LogP contribution is 2.50. The summed E-state index contributed by atoms with van der Waals surface area (Å²) in [5, 5.41) is 24.0. The first-order valence-electron chi connectivity index (χ1n) is 7.52. The van der Waals surface area contributed by atoms with E-state index in [1.165, 1.54) is 12.1 Å². The van der Waals surface area contributed by atoms with Crippen LogP contribution in [0.25, 0.3) is 0 Å². The van der Waals surface area contributed by atoms with E-state index < -0.39 is 10.9 Å². The Bertz CT molecular complexity index is 668. The molecule has 1 aromatic rings. The van der Waals surface area contributed by atoms with Crippen LogP contribution in [0.3, 0.4) is 0 Å². The smallest absolute Gasteiger partial charge is 0.337 e. The molecule has 0 unspecified atom stereocenters. The molecule has 3 atom stereocenters. The number of anilines is 1. The molecule has 0 fully saturated rings. The van der Waals surface area contributed by atoms with Gasteiger partial charge in [0.1, 0.15) is 0 Å². The molecule has 1 heterocycles. The van der Waals surface area contributed by atoms with Crippen molar-refractivity contribution in [1.82, 2.24) is 0 Å². The topological polar surface area (TPSA) is 92.5 Å². The summed E-state index contributed by atoms with van der Waals surface area (Å²) in [7, 11) is 0. The largest absolute Gasteiger partial charge is 0.478 e. The first-order chi connectivity index (χ1) is 10.5. The Morgan fingerprint density at radius 3 is 2.91 bits per heavy atom. The van der Waals surface area contributed by atoms with Gasteiger partial charge >= 0.3 is 5.97 Å². The summed E-state index contributed by atoms with van der Waals surface area (Å²) in [4.78, 5) is 22.4. The number of allylic oxidation sites excluding steroid dienone is 2. The van der Waals surface area contributed by atoms with Crippen LogP contribution in [0.2, 0.25) is 0 Å². The van der Waals surface area contributed by atoms with Gasteiger partial charge in [-0.2, -0.15) is 0 Å². The lowest BCUT2D eigenvalue weighted by Gasteiger charge is -2.37. The summed E-state index contributed by atoms with van der Waals surface area (Å²) < 4.78 is 0. The highest BCUT2D eigenvalue weighted by Gasteiger charge is 2.42. The van der Waals surface area contributed by atoms with Crippen molar-refractivity contribution in [2.24, 2.45) is 5.92 Å². The van der Waals surface area contributed by atoms with Crippen LogP contribution in [-0.4, -0.2) is 22.0 Å². The minimum absolute atomic E-state index is 0.00370. The number of benzene rings is 1. The fourth-order valence-corrected chi connectivity index (χ4v) is 3.73. The number of carbonyl (C=O) groups is 1. The molecule has 22 heavy (non-hydrogen) atoms. The van der Waals surface area contributed by atoms with Crippen molar-refractivity contribution in [3.8, 4) is 0 Å². The van der Waals surface area contributed by atoms with E-state index in [2.05, 4.69) is 12.2 Å². The number of nitrogens with zero attached hydrogens (tertiary/aromatic N) is 1. The molecule has 3 rings (SSSR count). The van der Waals surface area contributed by atoms with Crippen molar-refractivity contribution in [3.05, 3.63) is 45.5 Å². The number of nitro benzene ring substituents is 1. The zero-order valence-electron chi connectivity index (χ0n) is 12.3. The maximum Gasteiger partial charge on any atom is 0.337 e. The fraction of sp³-hybridized carbons (Fsp3) is 0.438. The lowest BCUT2D eigenvalue weighted by Crippen LogP contribution is -2.37. The highest BCUT2D eigenvalue weighted by atomic mass is 16.6. The van der Waals surface area contributed by atoms with E-state index in [4.69, 9.17) is 0 Å². The van der Waals surface area contributed by atoms with Crippen LogP contribution in [0.1, 0.15) is 48.0 Å². The molecule has 0 spiro atoms. The second-order valence-corrected chi connectivity index (χ2v) is 5.88. The Balaban J connectivity index is 2.20. The number of aromatic carboxylic acids is 1. The molecule has 1 aliphatic heterocycles. The molecular weight excluding hydrogens is 284 g/mol. The van der Waals surface area contributed by atoms with Crippen molar-refractivity contribution in [2.45, 2.75) is 38.1 Å². The number of hydrogen-bond acceptors (Lipinski definition) is 4. The Labute approximate surface area is 128 Å². The number of carboxylic acid groups (broad SMARTS) is 1. The van der Waals surface area contributed by atoms with Crippen LogP contribution in [0.15, 0.2) is 24.3 Å². The van der Waals surface area contributed by atoms with Gasteiger partial charge in [-0.05, 0) is 24.8 Å². The monoisotopic (exact) mass is 302 g/mol. The van der Waals surface area contributed by atoms with E-state index in [1.807, 2.05) is 12.2 Å². The van der Waals surface area contributed by atoms with Gasteiger partial charge in [-0.3, -0.25) is 10.1 Å². The van der Waals surface area contributed by atoms with Crippen LogP contribution in [0, 0.1) is 16.0 Å². The summed E-state index contributed by atoms with van der Waals surface area (Å²) >= 11 is 0. The average Bonchev–Trinajstić information content (AvgIpc) is 2.95. The van der Waals surface area contributed by atoms with Gasteiger partial charge < -0.3 is 10.4 Å².